The van der Waals surface area contributed by atoms with Gasteiger partial charge in [0.25, 0.3) is 0 Å². The van der Waals surface area contributed by atoms with Crippen LogP contribution in [0.1, 0.15) is 24.0 Å². The van der Waals surface area contributed by atoms with Gasteiger partial charge >= 0.3 is 0 Å². The Balaban J connectivity index is 1.34. The fraction of sp³-hybridized carbons (Fsp3) is 0.409. The van der Waals surface area contributed by atoms with Crippen molar-refractivity contribution in [1.82, 2.24) is 10.2 Å². The van der Waals surface area contributed by atoms with Crippen LogP contribution >= 0.6 is 23.4 Å². The minimum Gasteiger partial charge on any atom is -0.379 e. The van der Waals surface area contributed by atoms with Gasteiger partial charge in [-0.3, -0.25) is 9.69 Å². The lowest BCUT2D eigenvalue weighted by molar-refractivity contribution is -0.121. The van der Waals surface area contributed by atoms with Gasteiger partial charge < -0.3 is 10.1 Å². The lowest BCUT2D eigenvalue weighted by Crippen LogP contribution is -2.35. The minimum atomic E-state index is 0.107. The Morgan fingerprint density at radius 1 is 1.11 bits per heavy atom. The first-order valence-electron chi connectivity index (χ1n) is 9.72. The van der Waals surface area contributed by atoms with Gasteiger partial charge in [0, 0.05) is 42.5 Å². The van der Waals surface area contributed by atoms with Gasteiger partial charge in [0.2, 0.25) is 5.91 Å². The lowest BCUT2D eigenvalue weighted by atomic mass is 10.1. The fourth-order valence-electron chi connectivity index (χ4n) is 3.10. The number of ether oxygens (including phenoxy) is 1. The average molecular weight is 419 g/mol. The van der Waals surface area contributed by atoms with Gasteiger partial charge in [-0.1, -0.05) is 35.9 Å². The summed E-state index contributed by atoms with van der Waals surface area (Å²) in [6.45, 7) is 5.11. The summed E-state index contributed by atoms with van der Waals surface area (Å²) in [6.07, 6.45) is 1.41. The van der Waals surface area contributed by atoms with E-state index in [-0.39, 0.29) is 5.91 Å². The number of thioether (sulfide) groups is 1. The zero-order chi connectivity index (χ0) is 19.6. The fourth-order valence-corrected chi connectivity index (χ4v) is 4.08. The molecular formula is C22H27ClN2O2S. The quantitative estimate of drug-likeness (QED) is 0.485. The molecule has 3 rings (SSSR count). The minimum absolute atomic E-state index is 0.107. The number of nitrogens with zero attached hydrogens (tertiary/aromatic N) is 1. The smallest absolute Gasteiger partial charge is 0.220 e. The number of morpholine rings is 1. The molecule has 150 valence electrons. The molecule has 0 spiro atoms. The van der Waals surface area contributed by atoms with Crippen LogP contribution in [0.2, 0.25) is 5.02 Å². The van der Waals surface area contributed by atoms with Crippen LogP contribution in [-0.4, -0.2) is 42.9 Å². The Bertz CT molecular complexity index is 748. The van der Waals surface area contributed by atoms with E-state index in [4.69, 9.17) is 16.3 Å². The molecule has 28 heavy (non-hydrogen) atoms. The van der Waals surface area contributed by atoms with E-state index in [2.05, 4.69) is 34.5 Å². The highest BCUT2D eigenvalue weighted by atomic mass is 35.5. The third-order valence-electron chi connectivity index (χ3n) is 4.62. The molecule has 1 aliphatic heterocycles. The SMILES string of the molecule is O=C(CCCSc1ccc(Cl)cc1)NCc1cccc(CN2CCOCC2)c1. The van der Waals surface area contributed by atoms with Crippen molar-refractivity contribution in [2.75, 3.05) is 32.1 Å². The number of hydrogen-bond donors (Lipinski definition) is 1. The molecule has 0 atom stereocenters. The Labute approximate surface area is 176 Å². The monoisotopic (exact) mass is 418 g/mol. The van der Waals surface area contributed by atoms with E-state index in [1.54, 1.807) is 11.8 Å². The Morgan fingerprint density at radius 2 is 1.86 bits per heavy atom. The number of carbonyl (C=O) groups is 1. The Hall–Kier alpha value is -1.53. The van der Waals surface area contributed by atoms with Gasteiger partial charge in [0.1, 0.15) is 0 Å². The molecule has 1 heterocycles. The zero-order valence-corrected chi connectivity index (χ0v) is 17.6. The van der Waals surface area contributed by atoms with Gasteiger partial charge in [-0.2, -0.15) is 0 Å². The summed E-state index contributed by atoms with van der Waals surface area (Å²) in [7, 11) is 0. The first kappa shape index (κ1) is 21.2. The van der Waals surface area contributed by atoms with E-state index in [1.807, 2.05) is 24.3 Å². The molecule has 0 aliphatic carbocycles. The van der Waals surface area contributed by atoms with Crippen LogP contribution in [0.15, 0.2) is 53.4 Å². The Kier molecular flexibility index (Phi) is 8.68. The second kappa shape index (κ2) is 11.5. The van der Waals surface area contributed by atoms with Crippen LogP contribution in [0.3, 0.4) is 0 Å². The predicted octanol–water partition coefficient (Wildman–Crippen LogP) is 4.36. The van der Waals surface area contributed by atoms with Crippen molar-refractivity contribution in [3.8, 4) is 0 Å². The van der Waals surface area contributed by atoms with Gasteiger partial charge in [0.05, 0.1) is 13.2 Å². The molecule has 0 aromatic heterocycles. The van der Waals surface area contributed by atoms with Crippen LogP contribution in [0.5, 0.6) is 0 Å². The molecule has 0 unspecified atom stereocenters. The van der Waals surface area contributed by atoms with Crippen molar-refractivity contribution in [2.24, 2.45) is 0 Å². The molecule has 0 saturated carbocycles. The van der Waals surface area contributed by atoms with Gasteiger partial charge in [0.15, 0.2) is 0 Å². The highest BCUT2D eigenvalue weighted by Gasteiger charge is 2.11. The maximum absolute atomic E-state index is 12.1. The Morgan fingerprint density at radius 3 is 2.64 bits per heavy atom. The molecule has 2 aromatic carbocycles. The summed E-state index contributed by atoms with van der Waals surface area (Å²) in [6, 6.07) is 16.3. The first-order valence-corrected chi connectivity index (χ1v) is 11.1. The molecule has 1 N–H and O–H groups in total. The molecule has 4 nitrogen and oxygen atoms in total. The summed E-state index contributed by atoms with van der Waals surface area (Å²) >= 11 is 7.64. The molecule has 1 aliphatic rings. The average Bonchev–Trinajstić information content (AvgIpc) is 2.72. The highest BCUT2D eigenvalue weighted by Crippen LogP contribution is 2.21. The number of benzene rings is 2. The highest BCUT2D eigenvalue weighted by molar-refractivity contribution is 7.99. The van der Waals surface area contributed by atoms with Crippen molar-refractivity contribution in [3.63, 3.8) is 0 Å². The number of rotatable bonds is 9. The largest absolute Gasteiger partial charge is 0.379 e. The van der Waals surface area contributed by atoms with Gasteiger partial charge in [-0.05, 0) is 47.6 Å². The van der Waals surface area contributed by atoms with E-state index in [0.29, 0.717) is 13.0 Å². The van der Waals surface area contributed by atoms with Crippen LogP contribution in [0, 0.1) is 0 Å². The van der Waals surface area contributed by atoms with Crippen LogP contribution < -0.4 is 5.32 Å². The molecule has 1 fully saturated rings. The second-order valence-electron chi connectivity index (χ2n) is 6.89. The first-order chi connectivity index (χ1) is 13.7. The third-order valence-corrected chi connectivity index (χ3v) is 5.97. The van der Waals surface area contributed by atoms with Gasteiger partial charge in [-0.15, -0.1) is 11.8 Å². The maximum atomic E-state index is 12.1. The van der Waals surface area contributed by atoms with Crippen molar-refractivity contribution < 1.29 is 9.53 Å². The van der Waals surface area contributed by atoms with E-state index < -0.39 is 0 Å². The van der Waals surface area contributed by atoms with Crippen molar-refractivity contribution >= 4 is 29.3 Å². The molecule has 6 heteroatoms. The molecule has 2 aromatic rings. The van der Waals surface area contributed by atoms with E-state index in [9.17, 15) is 4.79 Å². The molecule has 1 saturated heterocycles. The molecular weight excluding hydrogens is 392 g/mol. The van der Waals surface area contributed by atoms with Crippen molar-refractivity contribution in [2.45, 2.75) is 30.8 Å². The second-order valence-corrected chi connectivity index (χ2v) is 8.50. The zero-order valence-electron chi connectivity index (χ0n) is 16.0. The summed E-state index contributed by atoms with van der Waals surface area (Å²) in [5, 5.41) is 3.78. The lowest BCUT2D eigenvalue weighted by Gasteiger charge is -2.26. The molecule has 0 radical (unpaired) electrons. The number of nitrogens with one attached hydrogen (secondary N) is 1. The maximum Gasteiger partial charge on any atom is 0.220 e. The van der Waals surface area contributed by atoms with Crippen LogP contribution in [-0.2, 0) is 22.6 Å². The standard InChI is InChI=1S/C22H27ClN2O2S/c23-20-6-8-21(9-7-20)28-14-2-5-22(26)24-16-18-3-1-4-19(15-18)17-25-10-12-27-13-11-25/h1,3-4,6-9,15H,2,5,10-14,16-17H2,(H,24,26). The predicted molar refractivity (Wildman–Crippen MR) is 116 cm³/mol. The van der Waals surface area contributed by atoms with E-state index in [1.165, 1.54) is 10.5 Å². The number of carbonyl (C=O) groups excluding carboxylic acids is 1. The topological polar surface area (TPSA) is 41.6 Å². The van der Waals surface area contributed by atoms with E-state index >= 15 is 0 Å². The van der Waals surface area contributed by atoms with E-state index in [0.717, 1.165) is 55.6 Å². The van der Waals surface area contributed by atoms with Gasteiger partial charge in [-0.25, -0.2) is 0 Å². The summed E-state index contributed by atoms with van der Waals surface area (Å²) in [5.41, 5.74) is 2.43. The number of hydrogen-bond acceptors (Lipinski definition) is 4. The van der Waals surface area contributed by atoms with Crippen molar-refractivity contribution in [3.05, 3.63) is 64.7 Å². The summed E-state index contributed by atoms with van der Waals surface area (Å²) in [5.74, 6) is 1.03. The number of amides is 1. The normalized spacial score (nSPS) is 14.8. The summed E-state index contributed by atoms with van der Waals surface area (Å²) in [4.78, 5) is 15.7. The van der Waals surface area contributed by atoms with Crippen molar-refractivity contribution in [1.29, 1.82) is 0 Å². The number of halogens is 1. The molecule has 1 amide bonds. The van der Waals surface area contributed by atoms with Crippen LogP contribution in [0.25, 0.3) is 0 Å². The third kappa shape index (κ3) is 7.47. The van der Waals surface area contributed by atoms with Crippen LogP contribution in [0.4, 0.5) is 0 Å². The summed E-state index contributed by atoms with van der Waals surface area (Å²) < 4.78 is 5.40. The molecule has 0 bridgehead atoms.